The lowest BCUT2D eigenvalue weighted by Crippen LogP contribution is -2.29. The topological polar surface area (TPSA) is 38.0 Å². The van der Waals surface area contributed by atoms with Crippen LogP contribution in [0.25, 0.3) is 10.8 Å². The normalized spacial score (nSPS) is 13.1. The first-order chi connectivity index (χ1) is 12.4. The molecule has 0 aliphatic heterocycles. The minimum Gasteiger partial charge on any atom is -0.312 e. The summed E-state index contributed by atoms with van der Waals surface area (Å²) >= 11 is 0. The Labute approximate surface area is 150 Å². The van der Waals surface area contributed by atoms with Gasteiger partial charge in [0.2, 0.25) is 0 Å². The van der Waals surface area contributed by atoms with Crippen LogP contribution >= 0.6 is 0 Å². The summed E-state index contributed by atoms with van der Waals surface area (Å²) < 4.78 is 38.2. The number of aryl methyl sites for hydroxylation is 1. The molecule has 0 saturated carbocycles. The van der Waals surface area contributed by atoms with Gasteiger partial charge in [0.1, 0.15) is 0 Å². The third kappa shape index (κ3) is 4.42. The highest BCUT2D eigenvalue weighted by atomic mass is 19.4. The summed E-state index contributed by atoms with van der Waals surface area (Å²) in [6.45, 7) is 0.626. The Bertz CT molecular complexity index is 869. The zero-order valence-corrected chi connectivity index (χ0v) is 14.3. The average molecular weight is 358 g/mol. The molecule has 0 fully saturated rings. The molecule has 2 nitrogen and oxygen atoms in total. The van der Waals surface area contributed by atoms with E-state index in [1.165, 1.54) is 12.1 Å². The highest BCUT2D eigenvalue weighted by Crippen LogP contribution is 2.29. The molecule has 0 aliphatic rings. The fourth-order valence-corrected chi connectivity index (χ4v) is 3.08. The lowest BCUT2D eigenvalue weighted by atomic mass is 10.0. The van der Waals surface area contributed by atoms with Crippen molar-refractivity contribution in [3.05, 3.63) is 83.4 Å². The van der Waals surface area contributed by atoms with Crippen LogP contribution in [0.4, 0.5) is 13.2 Å². The van der Waals surface area contributed by atoms with Crippen molar-refractivity contribution in [2.24, 2.45) is 5.73 Å². The lowest BCUT2D eigenvalue weighted by molar-refractivity contribution is -0.137. The molecule has 3 aromatic rings. The maximum atomic E-state index is 12.7. The zero-order chi connectivity index (χ0) is 18.6. The van der Waals surface area contributed by atoms with E-state index in [4.69, 9.17) is 5.73 Å². The van der Waals surface area contributed by atoms with Gasteiger partial charge in [-0.25, -0.2) is 0 Å². The third-order valence-corrected chi connectivity index (χ3v) is 4.42. The SMILES string of the molecule is N[C@@H](NCCCc1cccc(C(F)(F)F)c1)c1cccc2ccccc12. The van der Waals surface area contributed by atoms with Crippen molar-refractivity contribution in [2.45, 2.75) is 25.2 Å². The van der Waals surface area contributed by atoms with Crippen molar-refractivity contribution in [1.82, 2.24) is 5.32 Å². The maximum absolute atomic E-state index is 12.7. The van der Waals surface area contributed by atoms with Gasteiger partial charge in [0.15, 0.2) is 0 Å². The number of hydrogen-bond acceptors (Lipinski definition) is 2. The van der Waals surface area contributed by atoms with Gasteiger partial charge in [0.25, 0.3) is 0 Å². The number of alkyl halides is 3. The van der Waals surface area contributed by atoms with Crippen LogP contribution in [0.2, 0.25) is 0 Å². The van der Waals surface area contributed by atoms with Crippen LogP contribution in [-0.4, -0.2) is 6.54 Å². The van der Waals surface area contributed by atoms with E-state index in [9.17, 15) is 13.2 Å². The van der Waals surface area contributed by atoms with Gasteiger partial charge in [-0.3, -0.25) is 5.32 Å². The molecular weight excluding hydrogens is 337 g/mol. The van der Waals surface area contributed by atoms with E-state index in [0.717, 1.165) is 22.4 Å². The summed E-state index contributed by atoms with van der Waals surface area (Å²) in [4.78, 5) is 0. The number of halogens is 3. The van der Waals surface area contributed by atoms with Gasteiger partial charge < -0.3 is 5.73 Å². The Balaban J connectivity index is 1.57. The minimum absolute atomic E-state index is 0.317. The molecule has 0 heterocycles. The van der Waals surface area contributed by atoms with Gasteiger partial charge in [-0.05, 0) is 47.4 Å². The fourth-order valence-electron chi connectivity index (χ4n) is 3.08. The number of nitrogens with two attached hydrogens (primary N) is 1. The zero-order valence-electron chi connectivity index (χ0n) is 14.3. The van der Waals surface area contributed by atoms with Gasteiger partial charge in [-0.15, -0.1) is 0 Å². The summed E-state index contributed by atoms with van der Waals surface area (Å²) in [6, 6.07) is 19.5. The third-order valence-electron chi connectivity index (χ3n) is 4.42. The van der Waals surface area contributed by atoms with Gasteiger partial charge >= 0.3 is 6.18 Å². The Morgan fingerprint density at radius 2 is 1.65 bits per heavy atom. The van der Waals surface area contributed by atoms with Crippen molar-refractivity contribution in [3.8, 4) is 0 Å². The molecule has 5 heteroatoms. The second-order valence-electron chi connectivity index (χ2n) is 6.30. The summed E-state index contributed by atoms with van der Waals surface area (Å²) in [7, 11) is 0. The first kappa shape index (κ1) is 18.4. The molecule has 1 atom stereocenters. The summed E-state index contributed by atoms with van der Waals surface area (Å²) in [5.41, 5.74) is 7.36. The van der Waals surface area contributed by atoms with Crippen LogP contribution < -0.4 is 11.1 Å². The Morgan fingerprint density at radius 3 is 2.46 bits per heavy atom. The smallest absolute Gasteiger partial charge is 0.312 e. The van der Waals surface area contributed by atoms with Crippen molar-refractivity contribution in [3.63, 3.8) is 0 Å². The standard InChI is InChI=1S/C21H21F3N2/c22-21(23,24)17-10-3-6-15(14-17)7-5-13-26-20(25)19-12-4-9-16-8-1-2-11-18(16)19/h1-4,6,8-12,14,20,26H,5,7,13,25H2/t20-/m0/s1. The number of fused-ring (bicyclic) bond motifs is 1. The Hall–Kier alpha value is -2.37. The van der Waals surface area contributed by atoms with Gasteiger partial charge in [-0.1, -0.05) is 60.7 Å². The molecule has 3 N–H and O–H groups in total. The van der Waals surface area contributed by atoms with Crippen LogP contribution in [0.15, 0.2) is 66.7 Å². The van der Waals surface area contributed by atoms with E-state index < -0.39 is 11.7 Å². The van der Waals surface area contributed by atoms with E-state index in [1.54, 1.807) is 6.07 Å². The summed E-state index contributed by atoms with van der Waals surface area (Å²) in [5.74, 6) is 0. The van der Waals surface area contributed by atoms with Crippen LogP contribution in [-0.2, 0) is 12.6 Å². The average Bonchev–Trinajstić information content (AvgIpc) is 2.64. The summed E-state index contributed by atoms with van der Waals surface area (Å²) in [6.07, 6.45) is -3.34. The van der Waals surface area contributed by atoms with E-state index >= 15 is 0 Å². The first-order valence-corrected chi connectivity index (χ1v) is 8.58. The molecule has 0 aromatic heterocycles. The van der Waals surface area contributed by atoms with Crippen LogP contribution in [0.5, 0.6) is 0 Å². The molecule has 0 unspecified atom stereocenters. The molecule has 136 valence electrons. The molecule has 0 bridgehead atoms. The Kier molecular flexibility index (Phi) is 5.59. The Morgan fingerprint density at radius 1 is 0.923 bits per heavy atom. The van der Waals surface area contributed by atoms with Crippen molar-refractivity contribution in [1.29, 1.82) is 0 Å². The van der Waals surface area contributed by atoms with Crippen LogP contribution in [0, 0.1) is 0 Å². The molecule has 0 aliphatic carbocycles. The predicted molar refractivity (Wildman–Crippen MR) is 98.6 cm³/mol. The van der Waals surface area contributed by atoms with Crippen LogP contribution in [0.1, 0.15) is 29.3 Å². The molecule has 3 rings (SSSR count). The summed E-state index contributed by atoms with van der Waals surface area (Å²) in [5, 5.41) is 5.50. The molecule has 26 heavy (non-hydrogen) atoms. The lowest BCUT2D eigenvalue weighted by Gasteiger charge is -2.16. The number of benzene rings is 3. The van der Waals surface area contributed by atoms with Crippen molar-refractivity contribution >= 4 is 10.8 Å². The van der Waals surface area contributed by atoms with Crippen LogP contribution in [0.3, 0.4) is 0 Å². The molecule has 0 spiro atoms. The monoisotopic (exact) mass is 358 g/mol. The molecule has 0 amide bonds. The van der Waals surface area contributed by atoms with E-state index in [2.05, 4.69) is 5.32 Å². The molecule has 0 radical (unpaired) electrons. The minimum atomic E-state index is -4.30. The van der Waals surface area contributed by atoms with E-state index in [-0.39, 0.29) is 6.17 Å². The predicted octanol–water partition coefficient (Wildman–Crippen LogP) is 5.04. The first-order valence-electron chi connectivity index (χ1n) is 8.58. The second-order valence-corrected chi connectivity index (χ2v) is 6.30. The number of nitrogens with one attached hydrogen (secondary N) is 1. The molecule has 0 saturated heterocycles. The van der Waals surface area contributed by atoms with E-state index in [0.29, 0.717) is 24.9 Å². The van der Waals surface area contributed by atoms with E-state index in [1.807, 2.05) is 42.5 Å². The number of rotatable bonds is 6. The van der Waals surface area contributed by atoms with Crippen molar-refractivity contribution < 1.29 is 13.2 Å². The van der Waals surface area contributed by atoms with Crippen molar-refractivity contribution in [2.75, 3.05) is 6.54 Å². The fraction of sp³-hybridized carbons (Fsp3) is 0.238. The van der Waals surface area contributed by atoms with Gasteiger partial charge in [0.05, 0.1) is 11.7 Å². The molecule has 3 aromatic carbocycles. The maximum Gasteiger partial charge on any atom is 0.416 e. The van der Waals surface area contributed by atoms with Gasteiger partial charge in [-0.2, -0.15) is 13.2 Å². The molecular formula is C21H21F3N2. The highest BCUT2D eigenvalue weighted by Gasteiger charge is 2.30. The largest absolute Gasteiger partial charge is 0.416 e. The quantitative estimate of drug-likeness (QED) is 0.479. The second kappa shape index (κ2) is 7.89. The number of hydrogen-bond donors (Lipinski definition) is 2. The van der Waals surface area contributed by atoms with Gasteiger partial charge in [0, 0.05) is 0 Å². The highest BCUT2D eigenvalue weighted by molar-refractivity contribution is 5.86.